The molecular formula is C16H19F3N4O. The molecule has 0 unspecified atom stereocenters. The summed E-state index contributed by atoms with van der Waals surface area (Å²) in [5.74, 6) is -0.464. The van der Waals surface area contributed by atoms with Gasteiger partial charge in [0.05, 0.1) is 11.8 Å². The second kappa shape index (κ2) is 6.94. The van der Waals surface area contributed by atoms with E-state index in [-0.39, 0.29) is 12.1 Å². The first kappa shape index (κ1) is 17.8. The number of aromatic nitrogens is 2. The van der Waals surface area contributed by atoms with Crippen LogP contribution < -0.4 is 10.2 Å². The Morgan fingerprint density at radius 3 is 2.67 bits per heavy atom. The van der Waals surface area contributed by atoms with E-state index in [1.54, 1.807) is 0 Å². The summed E-state index contributed by atoms with van der Waals surface area (Å²) in [4.78, 5) is 14.0. The van der Waals surface area contributed by atoms with Crippen LogP contribution in [0.15, 0.2) is 30.6 Å². The molecule has 0 aliphatic rings. The molecule has 24 heavy (non-hydrogen) atoms. The molecule has 8 heteroatoms. The first-order valence-electron chi connectivity index (χ1n) is 7.30. The summed E-state index contributed by atoms with van der Waals surface area (Å²) in [6, 6.07) is 5.86. The number of carbonyl (C=O) groups is 1. The number of carbonyl (C=O) groups excluding carboxylic acids is 1. The van der Waals surface area contributed by atoms with Gasteiger partial charge in [-0.2, -0.15) is 18.3 Å². The smallest absolute Gasteiger partial charge is 0.377 e. The third-order valence-corrected chi connectivity index (χ3v) is 3.40. The highest BCUT2D eigenvalue weighted by atomic mass is 19.4. The van der Waals surface area contributed by atoms with Gasteiger partial charge in [0.25, 0.3) is 5.91 Å². The molecule has 0 aliphatic carbocycles. The Morgan fingerprint density at radius 2 is 2.04 bits per heavy atom. The minimum atomic E-state index is -4.37. The van der Waals surface area contributed by atoms with Gasteiger partial charge < -0.3 is 10.2 Å². The average molecular weight is 340 g/mol. The number of amides is 1. The third kappa shape index (κ3) is 4.74. The van der Waals surface area contributed by atoms with Crippen LogP contribution in [0, 0.1) is 6.92 Å². The number of halogens is 3. The lowest BCUT2D eigenvalue weighted by molar-refractivity contribution is -0.142. The molecule has 1 aromatic carbocycles. The van der Waals surface area contributed by atoms with Crippen molar-refractivity contribution in [1.82, 2.24) is 15.1 Å². The Balaban J connectivity index is 2.04. The molecule has 2 rings (SSSR count). The molecule has 1 aromatic heterocycles. The quantitative estimate of drug-likeness (QED) is 0.911. The van der Waals surface area contributed by atoms with Gasteiger partial charge in [-0.05, 0) is 24.1 Å². The Morgan fingerprint density at radius 1 is 1.33 bits per heavy atom. The summed E-state index contributed by atoms with van der Waals surface area (Å²) in [6.07, 6.45) is -2.16. The number of aryl methyl sites for hydroxylation is 1. The maximum absolute atomic E-state index is 12.3. The number of alkyl halides is 3. The Labute approximate surface area is 138 Å². The molecule has 130 valence electrons. The molecule has 0 aliphatic heterocycles. The van der Waals surface area contributed by atoms with Gasteiger partial charge in [-0.15, -0.1) is 0 Å². The second-order valence-electron chi connectivity index (χ2n) is 5.75. The van der Waals surface area contributed by atoms with E-state index in [1.165, 1.54) is 0 Å². The van der Waals surface area contributed by atoms with E-state index in [0.717, 1.165) is 29.2 Å². The number of nitrogens with zero attached hydrogens (tertiary/aromatic N) is 3. The molecule has 0 fully saturated rings. The number of anilines is 1. The van der Waals surface area contributed by atoms with E-state index < -0.39 is 18.6 Å². The van der Waals surface area contributed by atoms with Gasteiger partial charge in [-0.1, -0.05) is 12.1 Å². The van der Waals surface area contributed by atoms with Crippen LogP contribution in [0.25, 0.3) is 0 Å². The largest absolute Gasteiger partial charge is 0.408 e. The Hall–Kier alpha value is -2.51. The standard InChI is InChI=1S/C16H19F3N4O/c1-11-4-5-12(14(6-11)22(2)3)7-20-15(24)13-8-21-23(9-13)10-16(17,18)19/h4-6,8-9H,7,10H2,1-3H3,(H,20,24). The first-order valence-corrected chi connectivity index (χ1v) is 7.30. The van der Waals surface area contributed by atoms with Crippen molar-refractivity contribution >= 4 is 11.6 Å². The molecule has 2 aromatic rings. The van der Waals surface area contributed by atoms with Gasteiger partial charge in [0.2, 0.25) is 0 Å². The molecule has 1 N–H and O–H groups in total. The maximum atomic E-state index is 12.3. The zero-order valence-electron chi connectivity index (χ0n) is 13.7. The molecule has 1 amide bonds. The summed E-state index contributed by atoms with van der Waals surface area (Å²) < 4.78 is 37.6. The SMILES string of the molecule is Cc1ccc(CNC(=O)c2cnn(CC(F)(F)F)c2)c(N(C)C)c1. The predicted molar refractivity (Wildman–Crippen MR) is 85.0 cm³/mol. The summed E-state index contributed by atoms with van der Waals surface area (Å²) in [5, 5.41) is 6.27. The van der Waals surface area contributed by atoms with E-state index >= 15 is 0 Å². The van der Waals surface area contributed by atoms with Crippen LogP contribution in [-0.4, -0.2) is 36.0 Å². The number of rotatable bonds is 5. The minimum Gasteiger partial charge on any atom is -0.377 e. The van der Waals surface area contributed by atoms with Crippen molar-refractivity contribution in [3.8, 4) is 0 Å². The van der Waals surface area contributed by atoms with Gasteiger partial charge in [-0.3, -0.25) is 9.48 Å². The van der Waals surface area contributed by atoms with E-state index in [4.69, 9.17) is 0 Å². The first-order chi connectivity index (χ1) is 11.2. The maximum Gasteiger partial charge on any atom is 0.408 e. The lowest BCUT2D eigenvalue weighted by atomic mass is 10.1. The number of hydrogen-bond acceptors (Lipinski definition) is 3. The molecule has 0 radical (unpaired) electrons. The fourth-order valence-electron chi connectivity index (χ4n) is 2.27. The zero-order valence-corrected chi connectivity index (χ0v) is 13.7. The topological polar surface area (TPSA) is 50.2 Å². The van der Waals surface area contributed by atoms with Crippen molar-refractivity contribution in [1.29, 1.82) is 0 Å². The van der Waals surface area contributed by atoms with Gasteiger partial charge in [0.1, 0.15) is 6.54 Å². The number of nitrogens with one attached hydrogen (secondary N) is 1. The Bertz CT molecular complexity index is 722. The predicted octanol–water partition coefficient (Wildman–Crippen LogP) is 2.75. The van der Waals surface area contributed by atoms with Crippen molar-refractivity contribution in [3.63, 3.8) is 0 Å². The van der Waals surface area contributed by atoms with Crippen LogP contribution in [0.4, 0.5) is 18.9 Å². The summed E-state index contributed by atoms with van der Waals surface area (Å²) in [7, 11) is 3.81. The number of hydrogen-bond donors (Lipinski definition) is 1. The van der Waals surface area contributed by atoms with Crippen LogP contribution in [0.3, 0.4) is 0 Å². The molecule has 0 saturated heterocycles. The van der Waals surface area contributed by atoms with Crippen molar-refractivity contribution in [3.05, 3.63) is 47.3 Å². The highest BCUT2D eigenvalue weighted by molar-refractivity contribution is 5.93. The van der Waals surface area contributed by atoms with Gasteiger partial charge in [0.15, 0.2) is 0 Å². The van der Waals surface area contributed by atoms with Crippen molar-refractivity contribution in [2.45, 2.75) is 26.2 Å². The van der Waals surface area contributed by atoms with E-state index in [0.29, 0.717) is 4.68 Å². The number of benzene rings is 1. The summed E-state index contributed by atoms with van der Waals surface area (Å²) >= 11 is 0. The monoisotopic (exact) mass is 340 g/mol. The highest BCUT2D eigenvalue weighted by Crippen LogP contribution is 2.20. The van der Waals surface area contributed by atoms with Crippen LogP contribution >= 0.6 is 0 Å². The molecule has 0 saturated carbocycles. The highest BCUT2D eigenvalue weighted by Gasteiger charge is 2.28. The zero-order chi connectivity index (χ0) is 17.9. The van der Waals surface area contributed by atoms with E-state index in [9.17, 15) is 18.0 Å². The summed E-state index contributed by atoms with van der Waals surface area (Å²) in [5.41, 5.74) is 3.09. The van der Waals surface area contributed by atoms with Gasteiger partial charge in [0, 0.05) is 32.5 Å². The fraction of sp³-hybridized carbons (Fsp3) is 0.375. The van der Waals surface area contributed by atoms with E-state index in [1.807, 2.05) is 44.1 Å². The molecular weight excluding hydrogens is 321 g/mol. The lowest BCUT2D eigenvalue weighted by Gasteiger charge is -2.18. The van der Waals surface area contributed by atoms with Crippen LogP contribution in [0.2, 0.25) is 0 Å². The third-order valence-electron chi connectivity index (χ3n) is 3.40. The molecule has 0 bridgehead atoms. The lowest BCUT2D eigenvalue weighted by Crippen LogP contribution is -2.24. The van der Waals surface area contributed by atoms with E-state index in [2.05, 4.69) is 10.4 Å². The van der Waals surface area contributed by atoms with Gasteiger partial charge in [-0.25, -0.2) is 0 Å². The van der Waals surface area contributed by atoms with Crippen LogP contribution in [0.1, 0.15) is 21.5 Å². The summed E-state index contributed by atoms with van der Waals surface area (Å²) in [6.45, 7) is 1.03. The second-order valence-corrected chi connectivity index (χ2v) is 5.75. The fourth-order valence-corrected chi connectivity index (χ4v) is 2.27. The molecule has 5 nitrogen and oxygen atoms in total. The normalized spacial score (nSPS) is 11.4. The molecule has 1 heterocycles. The van der Waals surface area contributed by atoms with Crippen molar-refractivity contribution in [2.75, 3.05) is 19.0 Å². The molecule has 0 atom stereocenters. The van der Waals surface area contributed by atoms with Crippen molar-refractivity contribution in [2.24, 2.45) is 0 Å². The Kier molecular flexibility index (Phi) is 5.16. The van der Waals surface area contributed by atoms with Gasteiger partial charge >= 0.3 is 6.18 Å². The van der Waals surface area contributed by atoms with Crippen LogP contribution in [-0.2, 0) is 13.1 Å². The minimum absolute atomic E-state index is 0.0952. The molecule has 0 spiro atoms. The van der Waals surface area contributed by atoms with Crippen LogP contribution in [0.5, 0.6) is 0 Å². The average Bonchev–Trinajstić information content (AvgIpc) is 2.91. The van der Waals surface area contributed by atoms with Crippen molar-refractivity contribution < 1.29 is 18.0 Å².